The monoisotopic (exact) mass is 943 g/mol. The summed E-state index contributed by atoms with van der Waals surface area (Å²) in [6.45, 7) is 10.3. The van der Waals surface area contributed by atoms with E-state index in [1.807, 2.05) is 13.8 Å². The summed E-state index contributed by atoms with van der Waals surface area (Å²) in [6, 6.07) is 62.4. The van der Waals surface area contributed by atoms with Crippen LogP contribution in [0.5, 0.6) is 0 Å². The van der Waals surface area contributed by atoms with Gasteiger partial charge < -0.3 is 0 Å². The topological polar surface area (TPSA) is 3.24 Å². The average molecular weight is 942 g/mol. The van der Waals surface area contributed by atoms with Gasteiger partial charge in [-0.1, -0.05) is 34.1 Å². The van der Waals surface area contributed by atoms with E-state index < -0.39 is 0 Å². The quantitative estimate of drug-likeness (QED) is 0.0582. The Labute approximate surface area is 379 Å². The van der Waals surface area contributed by atoms with Gasteiger partial charge in [-0.25, -0.2) is 0 Å². The summed E-state index contributed by atoms with van der Waals surface area (Å²) in [7, 11) is 0. The summed E-state index contributed by atoms with van der Waals surface area (Å²) in [6.07, 6.45) is 14.7. The van der Waals surface area contributed by atoms with Crippen molar-refractivity contribution in [2.24, 2.45) is 0 Å². The van der Waals surface area contributed by atoms with Gasteiger partial charge in [0, 0.05) is 0 Å². The van der Waals surface area contributed by atoms with Crippen LogP contribution < -0.4 is 4.90 Å². The van der Waals surface area contributed by atoms with Crippen LogP contribution in [0.2, 0.25) is 0 Å². The number of anilines is 3. The minimum absolute atomic E-state index is 0.260. The smallest absolute Gasteiger partial charge is 0.0590 e. The molecule has 9 rings (SSSR count). The molecular weight excluding hydrogens is 889 g/mol. The number of rotatable bonds is 10. The molecule has 1 nitrogen and oxygen atoms in total. The van der Waals surface area contributed by atoms with Crippen LogP contribution in [0.1, 0.15) is 62.2 Å². The zero-order valence-electron chi connectivity index (χ0n) is 35.9. The van der Waals surface area contributed by atoms with E-state index in [1.165, 1.54) is 78.1 Å². The van der Waals surface area contributed by atoms with Crippen molar-refractivity contribution in [3.05, 3.63) is 203 Å². The summed E-state index contributed by atoms with van der Waals surface area (Å²) in [5.74, 6) is 0. The van der Waals surface area contributed by atoms with E-state index in [4.69, 9.17) is 0 Å². The Morgan fingerprint density at radius 3 is 1.70 bits per heavy atom. The second-order valence-electron chi connectivity index (χ2n) is 14.4. The number of allylic oxidation sites excluding steroid dienone is 3. The molecule has 0 N–H and O–H groups in total. The summed E-state index contributed by atoms with van der Waals surface area (Å²) >= 11 is 2.32. The number of para-hydroxylation sites is 2. The van der Waals surface area contributed by atoms with Gasteiger partial charge in [-0.3, -0.25) is 0 Å². The number of nitrogens with zero attached hydrogens (tertiary/aromatic N) is 1. The van der Waals surface area contributed by atoms with Crippen LogP contribution in [0.25, 0.3) is 63.9 Å². The normalized spacial score (nSPS) is 11.5. The molecule has 2 aromatic heterocycles. The van der Waals surface area contributed by atoms with Gasteiger partial charge in [0.2, 0.25) is 0 Å². The van der Waals surface area contributed by atoms with Gasteiger partial charge in [0.25, 0.3) is 0 Å². The molecule has 0 radical (unpaired) electrons. The SMILES string of the molecule is C/C=C\C(=C/c1cc2ccc(/C=C/c3ccc4c(c3)[se]c3cc(-c5ccc(N(c6ccccc6)c6ccccc6)cc5)ccc34)cc2[se]1)c1ccc(SC)cc1.CC.CCC. The maximum atomic E-state index is 2.42. The molecule has 2 heterocycles. The largest absolute Gasteiger partial charge is 0.0683 e. The van der Waals surface area contributed by atoms with Crippen LogP contribution in [0.3, 0.4) is 0 Å². The molecule has 0 spiro atoms. The van der Waals surface area contributed by atoms with Crippen LogP contribution in [0.15, 0.2) is 187 Å². The molecule has 4 heteroatoms. The fourth-order valence-electron chi connectivity index (χ4n) is 7.26. The zero-order valence-corrected chi connectivity index (χ0v) is 40.2. The van der Waals surface area contributed by atoms with Gasteiger partial charge in [0.15, 0.2) is 0 Å². The van der Waals surface area contributed by atoms with Gasteiger partial charge in [-0.15, -0.1) is 0 Å². The van der Waals surface area contributed by atoms with Crippen molar-refractivity contribution in [3.63, 3.8) is 0 Å². The predicted molar refractivity (Wildman–Crippen MR) is 277 cm³/mol. The van der Waals surface area contributed by atoms with E-state index >= 15 is 0 Å². The minimum Gasteiger partial charge on any atom is -0.0683 e. The summed E-state index contributed by atoms with van der Waals surface area (Å²) < 4.78 is 5.78. The molecule has 9 aromatic rings. The number of benzene rings is 7. The molecule has 0 atom stereocenters. The van der Waals surface area contributed by atoms with Crippen molar-refractivity contribution in [2.75, 3.05) is 11.2 Å². The number of hydrogen-bond donors (Lipinski definition) is 0. The van der Waals surface area contributed by atoms with Gasteiger partial charge in [-0.2, -0.15) is 0 Å². The summed E-state index contributed by atoms with van der Waals surface area (Å²) in [5, 5.41) is 4.10. The van der Waals surface area contributed by atoms with E-state index in [9.17, 15) is 0 Å². The molecule has 304 valence electrons. The first kappa shape index (κ1) is 43.8. The molecule has 0 saturated carbocycles. The fourth-order valence-corrected chi connectivity index (χ4v) is 12.4. The van der Waals surface area contributed by atoms with Gasteiger partial charge in [0.1, 0.15) is 0 Å². The molecule has 0 saturated heterocycles. The zero-order chi connectivity index (χ0) is 42.6. The minimum atomic E-state index is 0.260. The van der Waals surface area contributed by atoms with Crippen molar-refractivity contribution in [2.45, 2.75) is 45.9 Å². The Balaban J connectivity index is 0.00000108. The van der Waals surface area contributed by atoms with Crippen molar-refractivity contribution in [3.8, 4) is 11.1 Å². The third-order valence-corrected chi connectivity index (χ3v) is 15.4. The van der Waals surface area contributed by atoms with Crippen molar-refractivity contribution in [1.29, 1.82) is 0 Å². The van der Waals surface area contributed by atoms with Gasteiger partial charge >= 0.3 is 348 Å². The second kappa shape index (κ2) is 21.5. The molecule has 0 aliphatic rings. The molecule has 0 unspecified atom stereocenters. The Morgan fingerprint density at radius 1 is 0.557 bits per heavy atom. The van der Waals surface area contributed by atoms with Crippen LogP contribution in [-0.2, 0) is 0 Å². The molecule has 0 aliphatic heterocycles. The first-order valence-corrected chi connectivity index (χ1v) is 25.9. The van der Waals surface area contributed by atoms with E-state index in [-0.39, 0.29) is 29.0 Å². The Kier molecular flexibility index (Phi) is 15.4. The number of fused-ring (bicyclic) bond motifs is 4. The first-order chi connectivity index (χ1) is 30.0. The van der Waals surface area contributed by atoms with Crippen LogP contribution in [0, 0.1) is 0 Å². The van der Waals surface area contributed by atoms with Crippen LogP contribution in [0.4, 0.5) is 17.1 Å². The standard InChI is InChI=1S/C52H39NSSe2.C3H8.C2H6/c1-3-10-40(39-22-27-46(54-2)28-23-39)33-47-34-42-19-17-36(31-50(42)55-47)15-16-37-18-29-48-49-30-24-41(35-52(49)56-51(48)32-37)38-20-25-45(26-21-38)53(43-11-6-4-7-12-43)44-13-8-5-9-14-44;1-3-2;1-2/h3-35H,1-2H3;3H2,1-2H3;1-2H3/b10-3-,16-15+,40-33+;;. The average Bonchev–Trinajstić information content (AvgIpc) is 3.90. The maximum absolute atomic E-state index is 2.42. The summed E-state index contributed by atoms with van der Waals surface area (Å²) in [5.41, 5.74) is 11.0. The fraction of sp³-hybridized carbons (Fsp3) is 0.123. The molecular formula is C57H53NSSe2. The third-order valence-electron chi connectivity index (χ3n) is 10.1. The maximum Gasteiger partial charge on any atom is -0.0590 e. The second-order valence-corrected chi connectivity index (χ2v) is 19.9. The molecule has 0 aliphatic carbocycles. The van der Waals surface area contributed by atoms with Gasteiger partial charge in [0.05, 0.1) is 0 Å². The van der Waals surface area contributed by atoms with Crippen molar-refractivity contribution in [1.82, 2.24) is 0 Å². The van der Waals surface area contributed by atoms with E-state index in [0.717, 1.165) is 17.1 Å². The number of thioether (sulfide) groups is 1. The van der Waals surface area contributed by atoms with Crippen molar-refractivity contribution < 1.29 is 0 Å². The van der Waals surface area contributed by atoms with E-state index in [1.54, 1.807) is 11.8 Å². The first-order valence-electron chi connectivity index (χ1n) is 21.2. The van der Waals surface area contributed by atoms with Gasteiger partial charge in [-0.05, 0) is 0 Å². The van der Waals surface area contributed by atoms with Crippen LogP contribution in [-0.4, -0.2) is 35.3 Å². The van der Waals surface area contributed by atoms with Crippen molar-refractivity contribution >= 4 is 111 Å². The van der Waals surface area contributed by atoms with Crippen LogP contribution >= 0.6 is 11.8 Å². The summed E-state index contributed by atoms with van der Waals surface area (Å²) in [4.78, 5) is 3.60. The Morgan fingerprint density at radius 2 is 1.10 bits per heavy atom. The molecule has 61 heavy (non-hydrogen) atoms. The number of hydrogen-bond acceptors (Lipinski definition) is 2. The van der Waals surface area contributed by atoms with E-state index in [2.05, 4.69) is 232 Å². The molecule has 7 aromatic carbocycles. The Hall–Kier alpha value is -5.31. The predicted octanol–water partition coefficient (Wildman–Crippen LogP) is 16.8. The third kappa shape index (κ3) is 10.6. The molecule has 0 amide bonds. The molecule has 0 fully saturated rings. The van der Waals surface area contributed by atoms with E-state index in [0.29, 0.717) is 0 Å². The molecule has 0 bridgehead atoms. The Bertz CT molecular complexity index is 2860.